The summed E-state index contributed by atoms with van der Waals surface area (Å²) in [7, 11) is 2.02. The Balaban J connectivity index is 1.95. The van der Waals surface area contributed by atoms with Gasteiger partial charge in [0.25, 0.3) is 0 Å². The second-order valence-corrected chi connectivity index (χ2v) is 4.36. The molecule has 0 aromatic carbocycles. The summed E-state index contributed by atoms with van der Waals surface area (Å²) in [6.07, 6.45) is 4.31. The Hall–Kier alpha value is -0.0800. The molecule has 0 radical (unpaired) electrons. The molecule has 0 aromatic rings. The van der Waals surface area contributed by atoms with Crippen LogP contribution < -0.4 is 5.32 Å². The van der Waals surface area contributed by atoms with Crippen LogP contribution in [0.3, 0.4) is 0 Å². The first-order valence-corrected chi connectivity index (χ1v) is 5.52. The highest BCUT2D eigenvalue weighted by molar-refractivity contribution is 4.81. The van der Waals surface area contributed by atoms with E-state index >= 15 is 0 Å². The molecule has 0 heterocycles. The Kier molecular flexibility index (Phi) is 4.74. The zero-order chi connectivity index (χ0) is 9.68. The Morgan fingerprint density at radius 3 is 2.69 bits per heavy atom. The largest absolute Gasteiger partial charge is 0.378 e. The third-order valence-electron chi connectivity index (χ3n) is 3.00. The van der Waals surface area contributed by atoms with Gasteiger partial charge in [0.2, 0.25) is 0 Å². The minimum Gasteiger partial charge on any atom is -0.378 e. The molecule has 1 N–H and O–H groups in total. The van der Waals surface area contributed by atoms with E-state index in [2.05, 4.69) is 19.2 Å². The Morgan fingerprint density at radius 1 is 1.46 bits per heavy atom. The van der Waals surface area contributed by atoms with E-state index in [4.69, 9.17) is 4.74 Å². The fourth-order valence-corrected chi connectivity index (χ4v) is 1.68. The summed E-state index contributed by atoms with van der Waals surface area (Å²) in [4.78, 5) is 0. The number of ether oxygens (including phenoxy) is 1. The van der Waals surface area contributed by atoms with Gasteiger partial charge in [-0.15, -0.1) is 0 Å². The van der Waals surface area contributed by atoms with Crippen molar-refractivity contribution >= 4 is 0 Å². The van der Waals surface area contributed by atoms with Crippen LogP contribution in [-0.4, -0.2) is 26.3 Å². The van der Waals surface area contributed by atoms with E-state index in [1.165, 1.54) is 19.3 Å². The summed E-state index contributed by atoms with van der Waals surface area (Å²) < 4.78 is 5.78. The first-order chi connectivity index (χ1) is 6.26. The second-order valence-electron chi connectivity index (χ2n) is 4.36. The monoisotopic (exact) mass is 185 g/mol. The zero-order valence-electron chi connectivity index (χ0n) is 9.18. The van der Waals surface area contributed by atoms with E-state index in [1.54, 1.807) is 0 Å². The van der Waals surface area contributed by atoms with Crippen molar-refractivity contribution in [3.05, 3.63) is 0 Å². The predicted octanol–water partition coefficient (Wildman–Crippen LogP) is 2.05. The average molecular weight is 185 g/mol. The van der Waals surface area contributed by atoms with Gasteiger partial charge in [0, 0.05) is 6.61 Å². The van der Waals surface area contributed by atoms with Gasteiger partial charge in [0.15, 0.2) is 0 Å². The van der Waals surface area contributed by atoms with Gasteiger partial charge < -0.3 is 10.1 Å². The maximum absolute atomic E-state index is 5.78. The molecule has 0 amide bonds. The Bertz CT molecular complexity index is 132. The first-order valence-electron chi connectivity index (χ1n) is 5.52. The summed E-state index contributed by atoms with van der Waals surface area (Å²) in [5.41, 5.74) is 0. The molecule has 1 unspecified atom stereocenters. The number of hydrogen-bond donors (Lipinski definition) is 1. The molecule has 0 bridgehead atoms. The normalized spacial score (nSPS) is 29.8. The second kappa shape index (κ2) is 5.61. The highest BCUT2D eigenvalue weighted by Gasteiger charge is 2.29. The minimum atomic E-state index is 0.562. The van der Waals surface area contributed by atoms with Crippen molar-refractivity contribution in [3.63, 3.8) is 0 Å². The van der Waals surface area contributed by atoms with Gasteiger partial charge in [-0.05, 0) is 38.3 Å². The zero-order valence-corrected chi connectivity index (χ0v) is 9.18. The molecule has 2 nitrogen and oxygen atoms in total. The van der Waals surface area contributed by atoms with Gasteiger partial charge in [-0.25, -0.2) is 0 Å². The first kappa shape index (κ1) is 11.0. The van der Waals surface area contributed by atoms with Gasteiger partial charge in [-0.2, -0.15) is 0 Å². The molecular weight excluding hydrogens is 162 g/mol. The molecule has 0 spiro atoms. The Morgan fingerprint density at radius 2 is 2.15 bits per heavy atom. The van der Waals surface area contributed by atoms with Gasteiger partial charge in [0.05, 0.1) is 6.10 Å². The van der Waals surface area contributed by atoms with E-state index in [1.807, 2.05) is 7.05 Å². The van der Waals surface area contributed by atoms with Crippen molar-refractivity contribution in [2.24, 2.45) is 11.8 Å². The molecule has 1 fully saturated rings. The predicted molar refractivity (Wildman–Crippen MR) is 55.8 cm³/mol. The van der Waals surface area contributed by atoms with Gasteiger partial charge in [0.1, 0.15) is 0 Å². The van der Waals surface area contributed by atoms with E-state index < -0.39 is 0 Å². The average Bonchev–Trinajstić information content (AvgIpc) is 2.08. The molecule has 1 saturated carbocycles. The van der Waals surface area contributed by atoms with Crippen LogP contribution in [0.1, 0.15) is 33.1 Å². The lowest BCUT2D eigenvalue weighted by Gasteiger charge is -2.35. The van der Waals surface area contributed by atoms with Crippen molar-refractivity contribution in [2.75, 3.05) is 20.2 Å². The molecule has 0 saturated heterocycles. The van der Waals surface area contributed by atoms with Crippen molar-refractivity contribution in [1.82, 2.24) is 5.32 Å². The highest BCUT2D eigenvalue weighted by atomic mass is 16.5. The maximum atomic E-state index is 5.78. The van der Waals surface area contributed by atoms with Gasteiger partial charge >= 0.3 is 0 Å². The lowest BCUT2D eigenvalue weighted by Crippen LogP contribution is -2.37. The van der Waals surface area contributed by atoms with Gasteiger partial charge in [-0.1, -0.05) is 20.3 Å². The standard InChI is InChI=1S/C11H23NO/c1-4-9(2)8-13-11-5-10(6-11)7-12-3/h9-12H,4-8H2,1-3H3. The van der Waals surface area contributed by atoms with Crippen LogP contribution in [0.5, 0.6) is 0 Å². The summed E-state index contributed by atoms with van der Waals surface area (Å²) >= 11 is 0. The molecule has 1 aliphatic carbocycles. The molecule has 1 atom stereocenters. The van der Waals surface area contributed by atoms with E-state index in [9.17, 15) is 0 Å². The fraction of sp³-hybridized carbons (Fsp3) is 1.00. The molecule has 1 rings (SSSR count). The Labute approximate surface area is 82.0 Å². The topological polar surface area (TPSA) is 21.3 Å². The van der Waals surface area contributed by atoms with Crippen LogP contribution >= 0.6 is 0 Å². The molecule has 78 valence electrons. The highest BCUT2D eigenvalue weighted by Crippen LogP contribution is 2.29. The fourth-order valence-electron chi connectivity index (χ4n) is 1.68. The SMILES string of the molecule is CCC(C)COC1CC(CNC)C1. The lowest BCUT2D eigenvalue weighted by molar-refractivity contribution is -0.0421. The third kappa shape index (κ3) is 3.65. The molecular formula is C11H23NO. The summed E-state index contributed by atoms with van der Waals surface area (Å²) in [5.74, 6) is 1.59. The molecule has 13 heavy (non-hydrogen) atoms. The van der Waals surface area contributed by atoms with Crippen LogP contribution in [0, 0.1) is 11.8 Å². The summed E-state index contributed by atoms with van der Waals surface area (Å²) in [6.45, 7) is 6.58. The number of hydrogen-bond acceptors (Lipinski definition) is 2. The quantitative estimate of drug-likeness (QED) is 0.684. The summed E-state index contributed by atoms with van der Waals surface area (Å²) in [5, 5.41) is 3.21. The van der Waals surface area contributed by atoms with Crippen LogP contribution in [0.4, 0.5) is 0 Å². The van der Waals surface area contributed by atoms with E-state index in [0.717, 1.165) is 25.0 Å². The van der Waals surface area contributed by atoms with E-state index in [0.29, 0.717) is 6.10 Å². The van der Waals surface area contributed by atoms with E-state index in [-0.39, 0.29) is 0 Å². The maximum Gasteiger partial charge on any atom is 0.0581 e. The molecule has 1 aliphatic rings. The minimum absolute atomic E-state index is 0.562. The molecule has 0 aliphatic heterocycles. The molecule has 2 heteroatoms. The third-order valence-corrected chi connectivity index (χ3v) is 3.00. The van der Waals surface area contributed by atoms with Crippen LogP contribution in [0.2, 0.25) is 0 Å². The smallest absolute Gasteiger partial charge is 0.0581 e. The molecule has 0 aromatic heterocycles. The van der Waals surface area contributed by atoms with Crippen molar-refractivity contribution in [1.29, 1.82) is 0 Å². The number of nitrogens with one attached hydrogen (secondary N) is 1. The van der Waals surface area contributed by atoms with Crippen molar-refractivity contribution in [3.8, 4) is 0 Å². The van der Waals surface area contributed by atoms with Crippen molar-refractivity contribution < 1.29 is 4.74 Å². The van der Waals surface area contributed by atoms with Gasteiger partial charge in [-0.3, -0.25) is 0 Å². The van der Waals surface area contributed by atoms with Crippen molar-refractivity contribution in [2.45, 2.75) is 39.2 Å². The van der Waals surface area contributed by atoms with Crippen LogP contribution in [-0.2, 0) is 4.74 Å². The lowest BCUT2D eigenvalue weighted by atomic mass is 9.82. The van der Waals surface area contributed by atoms with Crippen LogP contribution in [0.25, 0.3) is 0 Å². The van der Waals surface area contributed by atoms with Crippen LogP contribution in [0.15, 0.2) is 0 Å². The number of rotatable bonds is 6. The summed E-state index contributed by atoms with van der Waals surface area (Å²) in [6, 6.07) is 0.